The lowest BCUT2D eigenvalue weighted by Crippen LogP contribution is -2.43. The number of hydrogen-bond acceptors (Lipinski definition) is 8. The number of nitrogens with zero attached hydrogens (tertiary/aromatic N) is 2. The molecule has 3 aliphatic rings. The third-order valence-electron chi connectivity index (χ3n) is 6.13. The lowest BCUT2D eigenvalue weighted by molar-refractivity contribution is -0.192. The number of carboxylic acid groups (broad SMARTS) is 1. The molecule has 1 saturated carbocycles. The van der Waals surface area contributed by atoms with Crippen molar-refractivity contribution in [1.82, 2.24) is 26.1 Å². The number of carboxylic acids is 1. The van der Waals surface area contributed by atoms with Crippen LogP contribution in [0.1, 0.15) is 48.0 Å². The number of hydrogen-bond donors (Lipinski definition) is 4. The highest BCUT2D eigenvalue weighted by molar-refractivity contribution is 5.81. The highest BCUT2D eigenvalue weighted by Crippen LogP contribution is 2.39. The molecule has 2 fully saturated rings. The number of hydroxylamine groups is 1. The van der Waals surface area contributed by atoms with Gasteiger partial charge in [0.25, 0.3) is 5.92 Å². The van der Waals surface area contributed by atoms with E-state index in [2.05, 4.69) is 21.1 Å². The van der Waals surface area contributed by atoms with Gasteiger partial charge in [0.05, 0.1) is 12.1 Å². The summed E-state index contributed by atoms with van der Waals surface area (Å²) in [5.41, 5.74) is 5.49. The molecule has 0 radical (unpaired) electrons. The molecule has 2 aliphatic heterocycles. The number of nitrogens with one attached hydrogen (secondary N) is 3. The summed E-state index contributed by atoms with van der Waals surface area (Å²) in [6, 6.07) is 7.12. The van der Waals surface area contributed by atoms with Crippen LogP contribution in [-0.4, -0.2) is 58.2 Å². The highest BCUT2D eigenvalue weighted by atomic mass is 19.4. The minimum absolute atomic E-state index is 0.00798. The van der Waals surface area contributed by atoms with Gasteiger partial charge in [0, 0.05) is 54.9 Å². The Kier molecular flexibility index (Phi) is 8.42. The van der Waals surface area contributed by atoms with E-state index in [1.165, 1.54) is 0 Å². The standard InChI is InChI=1S/C23H25F2N5O3.C2HF3O2/c1-13-6-16(32-17-10-23(24,25)11-17)7-15(27-13)8-22(31)29-21-9-19-20(33-30-21)3-2-18(28-19)14-4-5-26-12-14;3-2(4,5)1(6)7/h2-3,6-7,9,14,17,26,30H,4-5,8,10-12H2,1H3,(H,29,31);(H,6,7). The van der Waals surface area contributed by atoms with Gasteiger partial charge in [-0.2, -0.15) is 13.2 Å². The van der Waals surface area contributed by atoms with Crippen LogP contribution in [0.3, 0.4) is 0 Å². The van der Waals surface area contributed by atoms with Gasteiger partial charge in [0.15, 0.2) is 5.75 Å². The maximum atomic E-state index is 13.1. The average Bonchev–Trinajstić information content (AvgIpc) is 3.37. The van der Waals surface area contributed by atoms with E-state index >= 15 is 0 Å². The van der Waals surface area contributed by atoms with Crippen molar-refractivity contribution >= 4 is 18.0 Å². The maximum absolute atomic E-state index is 13.1. The SMILES string of the molecule is Cc1cc(OC2CC(F)(F)C2)cc(CC(=O)NC2=Cc3nc(C4CCNC4)ccc3ON2)n1.O=C(O)C(F)(F)F. The maximum Gasteiger partial charge on any atom is 0.490 e. The fourth-order valence-corrected chi connectivity index (χ4v) is 4.24. The van der Waals surface area contributed by atoms with Crippen LogP contribution in [0.2, 0.25) is 0 Å². The van der Waals surface area contributed by atoms with Gasteiger partial charge in [-0.15, -0.1) is 0 Å². The molecular weight excluding hydrogens is 545 g/mol. The zero-order valence-corrected chi connectivity index (χ0v) is 21.1. The third kappa shape index (κ3) is 7.77. The smallest absolute Gasteiger partial charge is 0.490 e. The van der Waals surface area contributed by atoms with E-state index in [9.17, 15) is 26.7 Å². The highest BCUT2D eigenvalue weighted by Gasteiger charge is 2.47. The predicted molar refractivity (Wildman–Crippen MR) is 129 cm³/mol. The summed E-state index contributed by atoms with van der Waals surface area (Å²) in [6.07, 6.45) is -3.42. The molecule has 2 aromatic heterocycles. The van der Waals surface area contributed by atoms with Gasteiger partial charge in [0.2, 0.25) is 5.91 Å². The Bertz CT molecular complexity index is 1290. The second-order valence-electron chi connectivity index (χ2n) is 9.54. The lowest BCUT2D eigenvalue weighted by atomic mass is 9.91. The first kappa shape index (κ1) is 29.0. The fraction of sp³-hybridized carbons (Fsp3) is 0.440. The molecule has 10 nitrogen and oxygen atoms in total. The number of pyridine rings is 2. The molecule has 0 spiro atoms. The van der Waals surface area contributed by atoms with Crippen molar-refractivity contribution in [3.63, 3.8) is 0 Å². The number of aryl methyl sites for hydroxylation is 1. The number of alkyl halides is 5. The monoisotopic (exact) mass is 571 g/mol. The number of aromatic nitrogens is 2. The van der Waals surface area contributed by atoms with E-state index in [1.807, 2.05) is 12.1 Å². The molecule has 216 valence electrons. The second kappa shape index (κ2) is 11.6. The van der Waals surface area contributed by atoms with Crippen molar-refractivity contribution in [1.29, 1.82) is 0 Å². The van der Waals surface area contributed by atoms with Crippen molar-refractivity contribution in [3.05, 3.63) is 52.9 Å². The first-order chi connectivity index (χ1) is 18.8. The van der Waals surface area contributed by atoms with E-state index in [0.717, 1.165) is 25.2 Å². The van der Waals surface area contributed by atoms with Gasteiger partial charge >= 0.3 is 12.1 Å². The quantitative estimate of drug-likeness (QED) is 0.386. The van der Waals surface area contributed by atoms with Gasteiger partial charge < -0.3 is 25.3 Å². The van der Waals surface area contributed by atoms with Crippen molar-refractivity contribution in [2.45, 2.75) is 56.7 Å². The first-order valence-corrected chi connectivity index (χ1v) is 12.3. The minimum Gasteiger partial charge on any atom is -0.490 e. The Morgan fingerprint density at radius 1 is 1.23 bits per heavy atom. The lowest BCUT2D eigenvalue weighted by Gasteiger charge is -2.34. The van der Waals surface area contributed by atoms with Crippen LogP contribution >= 0.6 is 0 Å². The van der Waals surface area contributed by atoms with Gasteiger partial charge in [-0.1, -0.05) is 0 Å². The Morgan fingerprint density at radius 3 is 2.58 bits per heavy atom. The van der Waals surface area contributed by atoms with E-state index in [4.69, 9.17) is 24.5 Å². The molecule has 1 saturated heterocycles. The summed E-state index contributed by atoms with van der Waals surface area (Å²) in [7, 11) is 0. The van der Waals surface area contributed by atoms with Crippen molar-refractivity contribution in [2.24, 2.45) is 0 Å². The number of fused-ring (bicyclic) bond motifs is 1. The molecule has 4 N–H and O–H groups in total. The molecular formula is C25H26F5N5O5. The Morgan fingerprint density at radius 2 is 1.95 bits per heavy atom. The molecule has 1 aliphatic carbocycles. The van der Waals surface area contributed by atoms with E-state index < -0.39 is 24.2 Å². The number of carbonyl (C=O) groups excluding carboxylic acids is 1. The number of aliphatic carboxylic acids is 1. The van der Waals surface area contributed by atoms with Crippen LogP contribution < -0.4 is 25.7 Å². The Hall–Kier alpha value is -4.01. The van der Waals surface area contributed by atoms with Crippen LogP contribution in [0, 0.1) is 6.92 Å². The van der Waals surface area contributed by atoms with Gasteiger partial charge in [-0.25, -0.2) is 24.0 Å². The molecule has 1 amide bonds. The van der Waals surface area contributed by atoms with E-state index in [1.54, 1.807) is 25.1 Å². The molecule has 1 atom stereocenters. The summed E-state index contributed by atoms with van der Waals surface area (Å²) >= 11 is 0. The summed E-state index contributed by atoms with van der Waals surface area (Å²) in [5, 5.41) is 13.2. The van der Waals surface area contributed by atoms with Crippen molar-refractivity contribution in [3.8, 4) is 11.5 Å². The van der Waals surface area contributed by atoms with Crippen LogP contribution in [0.4, 0.5) is 22.0 Å². The van der Waals surface area contributed by atoms with Gasteiger partial charge in [-0.05, 0) is 32.0 Å². The largest absolute Gasteiger partial charge is 0.490 e. The predicted octanol–water partition coefficient (Wildman–Crippen LogP) is 3.23. The third-order valence-corrected chi connectivity index (χ3v) is 6.13. The van der Waals surface area contributed by atoms with Crippen LogP contribution in [0.5, 0.6) is 11.5 Å². The Balaban J connectivity index is 0.000000470. The molecule has 5 rings (SSSR count). The molecule has 1 unspecified atom stereocenters. The minimum atomic E-state index is -5.08. The summed E-state index contributed by atoms with van der Waals surface area (Å²) in [4.78, 5) is 36.1. The molecule has 4 heterocycles. The van der Waals surface area contributed by atoms with E-state index in [0.29, 0.717) is 40.3 Å². The van der Waals surface area contributed by atoms with Gasteiger partial charge in [-0.3, -0.25) is 9.78 Å². The average molecular weight is 572 g/mol. The van der Waals surface area contributed by atoms with E-state index in [-0.39, 0.29) is 25.2 Å². The number of rotatable bonds is 6. The van der Waals surface area contributed by atoms with Gasteiger partial charge in [0.1, 0.15) is 23.4 Å². The van der Waals surface area contributed by atoms with Crippen molar-refractivity contribution in [2.75, 3.05) is 13.1 Å². The molecule has 15 heteroatoms. The van der Waals surface area contributed by atoms with Crippen LogP contribution in [0.25, 0.3) is 6.08 Å². The number of ether oxygens (including phenoxy) is 1. The normalized spacial score (nSPS) is 19.4. The number of halogens is 5. The van der Waals surface area contributed by atoms with Crippen LogP contribution in [0.15, 0.2) is 30.1 Å². The zero-order valence-electron chi connectivity index (χ0n) is 21.1. The molecule has 0 aromatic carbocycles. The fourth-order valence-electron chi connectivity index (χ4n) is 4.24. The molecule has 0 bridgehead atoms. The Labute approximate surface area is 224 Å². The molecule has 40 heavy (non-hydrogen) atoms. The second-order valence-corrected chi connectivity index (χ2v) is 9.54. The number of amides is 1. The summed E-state index contributed by atoms with van der Waals surface area (Å²) in [6.45, 7) is 3.64. The summed E-state index contributed by atoms with van der Waals surface area (Å²) in [5.74, 6) is -3.94. The molecule has 2 aromatic rings. The topological polar surface area (TPSA) is 135 Å². The zero-order chi connectivity index (χ0) is 29.1. The van der Waals surface area contributed by atoms with Crippen LogP contribution in [-0.2, 0) is 16.0 Å². The number of carbonyl (C=O) groups is 2. The summed E-state index contributed by atoms with van der Waals surface area (Å²) < 4.78 is 63.5. The van der Waals surface area contributed by atoms with Crippen molar-refractivity contribution < 1.29 is 46.2 Å². The first-order valence-electron chi connectivity index (χ1n) is 12.3.